The van der Waals surface area contributed by atoms with Crippen LogP contribution in [0.2, 0.25) is 0 Å². The Morgan fingerprint density at radius 3 is 2.74 bits per heavy atom. The van der Waals surface area contributed by atoms with E-state index in [4.69, 9.17) is 14.2 Å². The third-order valence-electron chi connectivity index (χ3n) is 4.47. The van der Waals surface area contributed by atoms with Gasteiger partial charge in [-0.25, -0.2) is 4.98 Å². The molecule has 0 bridgehead atoms. The van der Waals surface area contributed by atoms with Crippen LogP contribution in [0.15, 0.2) is 52.6 Å². The van der Waals surface area contributed by atoms with Crippen LogP contribution in [0.1, 0.15) is 5.69 Å². The van der Waals surface area contributed by atoms with Gasteiger partial charge in [-0.15, -0.1) is 16.4 Å². The number of nitrogens with zero attached hydrogens (tertiary/aromatic N) is 4. The number of ether oxygens (including phenoxy) is 3. The predicted molar refractivity (Wildman–Crippen MR) is 114 cm³/mol. The van der Waals surface area contributed by atoms with Crippen molar-refractivity contribution in [3.05, 3.63) is 63.9 Å². The van der Waals surface area contributed by atoms with Gasteiger partial charge in [-0.05, 0) is 24.3 Å². The zero-order valence-corrected chi connectivity index (χ0v) is 17.6. The number of carbonyl (C=O) groups is 1. The quantitative estimate of drug-likeness (QED) is 0.406. The van der Waals surface area contributed by atoms with E-state index in [1.165, 1.54) is 11.3 Å². The monoisotopic (exact) mass is 438 g/mol. The first-order valence-electron chi connectivity index (χ1n) is 9.24. The van der Waals surface area contributed by atoms with Gasteiger partial charge in [0, 0.05) is 5.38 Å². The molecule has 4 aromatic rings. The number of hydrogen-bond acceptors (Lipinski definition) is 9. The van der Waals surface area contributed by atoms with Crippen molar-refractivity contribution in [1.29, 1.82) is 0 Å². The van der Waals surface area contributed by atoms with Crippen LogP contribution >= 0.6 is 11.3 Å². The zero-order chi connectivity index (χ0) is 21.8. The van der Waals surface area contributed by atoms with Gasteiger partial charge in [0.1, 0.15) is 23.7 Å². The van der Waals surface area contributed by atoms with E-state index in [0.29, 0.717) is 33.1 Å². The molecular weight excluding hydrogens is 420 g/mol. The Labute approximate surface area is 180 Å². The Bertz CT molecular complexity index is 1300. The lowest BCUT2D eigenvalue weighted by Crippen LogP contribution is -2.28. The minimum atomic E-state index is -0.611. The Hall–Kier alpha value is -3.79. The maximum Gasteiger partial charge on any atom is 0.328 e. The second-order valence-corrected chi connectivity index (χ2v) is 7.27. The molecule has 0 N–H and O–H groups in total. The lowest BCUT2D eigenvalue weighted by molar-refractivity contribution is -0.146. The molecule has 0 aliphatic heterocycles. The van der Waals surface area contributed by atoms with Crippen molar-refractivity contribution >= 4 is 28.2 Å². The van der Waals surface area contributed by atoms with Crippen molar-refractivity contribution in [3.8, 4) is 22.1 Å². The summed E-state index contributed by atoms with van der Waals surface area (Å²) in [6.07, 6.45) is 0. The normalized spacial score (nSPS) is 10.8. The number of hydrogen-bond donors (Lipinski definition) is 0. The molecule has 2 heterocycles. The molecule has 0 unspecified atom stereocenters. The lowest BCUT2D eigenvalue weighted by Gasteiger charge is -2.10. The molecule has 0 atom stereocenters. The number of thiazole rings is 1. The molecule has 0 radical (unpaired) electrons. The van der Waals surface area contributed by atoms with Crippen LogP contribution in [-0.4, -0.2) is 40.2 Å². The fourth-order valence-corrected chi connectivity index (χ4v) is 3.83. The van der Waals surface area contributed by atoms with Gasteiger partial charge in [-0.2, -0.15) is 4.68 Å². The van der Waals surface area contributed by atoms with Crippen LogP contribution in [0.25, 0.3) is 21.5 Å². The standard InChI is InChI=1S/C21H18N4O5S/c1-28-17-9-5-7-15(19(17)29-2)20-22-13(12-31-20)11-30-18(26)10-25-21(27)14-6-3-4-8-16(14)23-24-25/h3-9,12H,10-11H2,1-2H3. The average molecular weight is 438 g/mol. The predicted octanol–water partition coefficient (Wildman–Crippen LogP) is 2.68. The molecule has 0 fully saturated rings. The summed E-state index contributed by atoms with van der Waals surface area (Å²) in [6.45, 7) is -0.366. The van der Waals surface area contributed by atoms with E-state index in [9.17, 15) is 9.59 Å². The molecule has 2 aromatic heterocycles. The summed E-state index contributed by atoms with van der Waals surface area (Å²) in [5, 5.41) is 10.6. The second kappa shape index (κ2) is 8.92. The molecule has 4 rings (SSSR count). The van der Waals surface area contributed by atoms with Gasteiger partial charge in [0.2, 0.25) is 0 Å². The Kier molecular flexibility index (Phi) is 5.89. The average Bonchev–Trinajstić information content (AvgIpc) is 3.28. The molecule has 10 heteroatoms. The summed E-state index contributed by atoms with van der Waals surface area (Å²) in [7, 11) is 3.13. The van der Waals surface area contributed by atoms with Crippen LogP contribution in [-0.2, 0) is 22.7 Å². The summed E-state index contributed by atoms with van der Waals surface area (Å²) in [5.41, 5.74) is 1.43. The summed E-state index contributed by atoms with van der Waals surface area (Å²) < 4.78 is 17.0. The first-order valence-corrected chi connectivity index (χ1v) is 10.1. The molecule has 0 saturated carbocycles. The number of para-hydroxylation sites is 1. The molecule has 0 aliphatic rings. The Morgan fingerprint density at radius 2 is 1.94 bits per heavy atom. The second-order valence-electron chi connectivity index (χ2n) is 6.42. The van der Waals surface area contributed by atoms with Gasteiger partial charge < -0.3 is 14.2 Å². The Balaban J connectivity index is 1.44. The smallest absolute Gasteiger partial charge is 0.328 e. The van der Waals surface area contributed by atoms with Gasteiger partial charge in [0.15, 0.2) is 11.5 Å². The minimum absolute atomic E-state index is 0.0304. The van der Waals surface area contributed by atoms with E-state index in [-0.39, 0.29) is 13.2 Å². The number of carbonyl (C=O) groups excluding carboxylic acids is 1. The van der Waals surface area contributed by atoms with E-state index in [0.717, 1.165) is 10.2 Å². The van der Waals surface area contributed by atoms with Gasteiger partial charge in [0.05, 0.1) is 30.9 Å². The molecular formula is C21H18N4O5S. The molecule has 9 nitrogen and oxygen atoms in total. The highest BCUT2D eigenvalue weighted by molar-refractivity contribution is 7.13. The van der Waals surface area contributed by atoms with E-state index >= 15 is 0 Å². The summed E-state index contributed by atoms with van der Waals surface area (Å²) >= 11 is 1.40. The fourth-order valence-electron chi connectivity index (χ4n) is 3.00. The van der Waals surface area contributed by atoms with Crippen molar-refractivity contribution in [2.45, 2.75) is 13.2 Å². The zero-order valence-electron chi connectivity index (χ0n) is 16.8. The fraction of sp³-hybridized carbons (Fsp3) is 0.190. The van der Waals surface area contributed by atoms with Gasteiger partial charge in [0.25, 0.3) is 5.56 Å². The summed E-state index contributed by atoms with van der Waals surface area (Å²) in [6, 6.07) is 12.3. The molecule has 0 aliphatic carbocycles. The molecule has 0 saturated heterocycles. The van der Waals surface area contributed by atoms with Crippen molar-refractivity contribution < 1.29 is 19.0 Å². The Morgan fingerprint density at radius 1 is 1.10 bits per heavy atom. The van der Waals surface area contributed by atoms with Crippen molar-refractivity contribution in [3.63, 3.8) is 0 Å². The van der Waals surface area contributed by atoms with E-state index in [1.54, 1.807) is 49.9 Å². The highest BCUT2D eigenvalue weighted by Gasteiger charge is 2.16. The van der Waals surface area contributed by atoms with E-state index < -0.39 is 11.5 Å². The van der Waals surface area contributed by atoms with Crippen LogP contribution in [0.5, 0.6) is 11.5 Å². The van der Waals surface area contributed by atoms with Crippen molar-refractivity contribution in [2.24, 2.45) is 0 Å². The van der Waals surface area contributed by atoms with Gasteiger partial charge >= 0.3 is 5.97 Å². The van der Waals surface area contributed by atoms with E-state index in [2.05, 4.69) is 15.3 Å². The number of methoxy groups -OCH3 is 2. The number of benzene rings is 2. The third-order valence-corrected chi connectivity index (χ3v) is 5.40. The number of aromatic nitrogens is 4. The van der Waals surface area contributed by atoms with Crippen LogP contribution in [0, 0.1) is 0 Å². The number of rotatable bonds is 7. The first-order chi connectivity index (χ1) is 15.1. The summed E-state index contributed by atoms with van der Waals surface area (Å²) in [4.78, 5) is 29.2. The third kappa shape index (κ3) is 4.24. The topological polar surface area (TPSA) is 105 Å². The number of fused-ring (bicyclic) bond motifs is 1. The van der Waals surface area contributed by atoms with Gasteiger partial charge in [-0.3, -0.25) is 9.59 Å². The summed E-state index contributed by atoms with van der Waals surface area (Å²) in [5.74, 6) is 0.572. The van der Waals surface area contributed by atoms with Crippen LogP contribution < -0.4 is 15.0 Å². The highest BCUT2D eigenvalue weighted by Crippen LogP contribution is 2.38. The highest BCUT2D eigenvalue weighted by atomic mass is 32.1. The SMILES string of the molecule is COc1cccc(-c2nc(COC(=O)Cn3nnc4ccccc4c3=O)cs2)c1OC. The molecule has 2 aromatic carbocycles. The van der Waals surface area contributed by atoms with Gasteiger partial charge in [-0.1, -0.05) is 23.4 Å². The minimum Gasteiger partial charge on any atom is -0.493 e. The number of esters is 1. The maximum absolute atomic E-state index is 12.4. The lowest BCUT2D eigenvalue weighted by atomic mass is 10.2. The van der Waals surface area contributed by atoms with Crippen LogP contribution in [0.4, 0.5) is 0 Å². The molecule has 31 heavy (non-hydrogen) atoms. The molecule has 0 spiro atoms. The largest absolute Gasteiger partial charge is 0.493 e. The maximum atomic E-state index is 12.4. The molecule has 0 amide bonds. The van der Waals surface area contributed by atoms with Crippen molar-refractivity contribution in [1.82, 2.24) is 20.0 Å². The van der Waals surface area contributed by atoms with Crippen molar-refractivity contribution in [2.75, 3.05) is 14.2 Å². The van der Waals surface area contributed by atoms with Crippen LogP contribution in [0.3, 0.4) is 0 Å². The van der Waals surface area contributed by atoms with E-state index in [1.807, 2.05) is 12.1 Å². The first kappa shape index (κ1) is 20.5. The molecule has 158 valence electrons.